The number of hydrogen-bond donors (Lipinski definition) is 0. The predicted molar refractivity (Wildman–Crippen MR) is 92.8 cm³/mol. The van der Waals surface area contributed by atoms with Crippen molar-refractivity contribution in [1.29, 1.82) is 0 Å². The number of nitrogens with zero attached hydrogens (tertiary/aromatic N) is 4. The molecule has 0 fully saturated rings. The molecule has 0 atom stereocenters. The van der Waals surface area contributed by atoms with Crippen LogP contribution in [0.25, 0.3) is 11.3 Å². The molecular formula is C16H12F6N4S2. The van der Waals surface area contributed by atoms with Crippen LogP contribution in [0.4, 0.5) is 26.3 Å². The first-order valence-corrected chi connectivity index (χ1v) is 9.56. The van der Waals surface area contributed by atoms with Crippen molar-refractivity contribution in [3.05, 3.63) is 46.9 Å². The molecule has 0 aliphatic rings. The molecule has 0 aliphatic heterocycles. The quantitative estimate of drug-likeness (QED) is 0.462. The van der Waals surface area contributed by atoms with Crippen LogP contribution >= 0.6 is 23.3 Å². The third-order valence-electron chi connectivity index (χ3n) is 3.53. The summed E-state index contributed by atoms with van der Waals surface area (Å²) in [6.07, 6.45) is -6.77. The molecule has 0 saturated heterocycles. The Morgan fingerprint density at radius 1 is 1.04 bits per heavy atom. The first-order valence-electron chi connectivity index (χ1n) is 7.90. The summed E-state index contributed by atoms with van der Waals surface area (Å²) in [6, 6.07) is 1.41. The number of rotatable bonds is 5. The van der Waals surface area contributed by atoms with E-state index in [1.165, 1.54) is 15.8 Å². The molecule has 0 bridgehead atoms. The zero-order chi connectivity index (χ0) is 20.5. The van der Waals surface area contributed by atoms with Crippen LogP contribution in [0.3, 0.4) is 0 Å². The molecule has 1 aromatic carbocycles. The van der Waals surface area contributed by atoms with Crippen molar-refractivity contribution in [3.63, 3.8) is 0 Å². The Hall–Kier alpha value is -2.08. The summed E-state index contributed by atoms with van der Waals surface area (Å²) < 4.78 is 79.9. The lowest BCUT2D eigenvalue weighted by atomic mass is 10.0. The van der Waals surface area contributed by atoms with Gasteiger partial charge in [0.1, 0.15) is 6.33 Å². The number of halogens is 6. The van der Waals surface area contributed by atoms with Gasteiger partial charge in [-0.1, -0.05) is 6.92 Å². The molecular weight excluding hydrogens is 426 g/mol. The van der Waals surface area contributed by atoms with Crippen LogP contribution in [0.5, 0.6) is 0 Å². The normalized spacial score (nSPS) is 12.5. The van der Waals surface area contributed by atoms with Crippen molar-refractivity contribution in [2.24, 2.45) is 0 Å². The smallest absolute Gasteiger partial charge is 0.228 e. The molecule has 2 heterocycles. The number of aryl methyl sites for hydroxylation is 1. The van der Waals surface area contributed by atoms with Crippen molar-refractivity contribution in [2.75, 3.05) is 0 Å². The second kappa shape index (κ2) is 7.74. The third-order valence-corrected chi connectivity index (χ3v) is 5.29. The molecule has 0 unspecified atom stereocenters. The molecule has 150 valence electrons. The average Bonchev–Trinajstić information content (AvgIpc) is 3.23. The Morgan fingerprint density at radius 2 is 1.68 bits per heavy atom. The SMILES string of the molecule is CCCc1ncn(Sc2nc(-c3cc(C(F)(F)F)cc(C(F)(F)F)c3)cs2)n1. The third kappa shape index (κ3) is 4.85. The zero-order valence-electron chi connectivity index (χ0n) is 14.2. The van der Waals surface area contributed by atoms with Crippen molar-refractivity contribution < 1.29 is 26.3 Å². The highest BCUT2D eigenvalue weighted by Crippen LogP contribution is 2.39. The molecule has 28 heavy (non-hydrogen) atoms. The number of alkyl halides is 6. The Labute approximate surface area is 163 Å². The molecule has 0 aliphatic carbocycles. The molecule has 0 amide bonds. The van der Waals surface area contributed by atoms with Crippen LogP contribution in [0.2, 0.25) is 0 Å². The van der Waals surface area contributed by atoms with Gasteiger partial charge in [0.05, 0.1) is 16.8 Å². The Kier molecular flexibility index (Phi) is 5.71. The van der Waals surface area contributed by atoms with E-state index in [0.717, 1.165) is 29.7 Å². The highest BCUT2D eigenvalue weighted by Gasteiger charge is 2.37. The predicted octanol–water partition coefficient (Wildman–Crippen LogP) is 5.95. The molecule has 0 saturated carbocycles. The van der Waals surface area contributed by atoms with Crippen LogP contribution < -0.4 is 0 Å². The van der Waals surface area contributed by atoms with Gasteiger partial charge in [-0.05, 0) is 24.6 Å². The molecule has 0 N–H and O–H groups in total. The van der Waals surface area contributed by atoms with Crippen LogP contribution in [0, 0.1) is 0 Å². The van der Waals surface area contributed by atoms with Gasteiger partial charge in [0, 0.05) is 29.3 Å². The van der Waals surface area contributed by atoms with Crippen molar-refractivity contribution in [3.8, 4) is 11.3 Å². The van der Waals surface area contributed by atoms with Gasteiger partial charge in [-0.2, -0.15) is 30.4 Å². The van der Waals surface area contributed by atoms with Crippen molar-refractivity contribution in [2.45, 2.75) is 36.5 Å². The summed E-state index contributed by atoms with van der Waals surface area (Å²) in [6.45, 7) is 1.98. The summed E-state index contributed by atoms with van der Waals surface area (Å²) in [4.78, 5) is 8.24. The van der Waals surface area contributed by atoms with Crippen LogP contribution in [0.1, 0.15) is 30.3 Å². The van der Waals surface area contributed by atoms with E-state index in [1.54, 1.807) is 0 Å². The summed E-state index contributed by atoms with van der Waals surface area (Å²) in [5.74, 6) is 0.638. The van der Waals surface area contributed by atoms with Crippen molar-refractivity contribution in [1.82, 2.24) is 19.2 Å². The average molecular weight is 438 g/mol. The molecule has 2 aromatic heterocycles. The standard InChI is InChI=1S/C16H12F6N4S2/c1-2-3-13-23-8-26(25-13)28-14-24-12(7-27-14)9-4-10(15(17,18)19)6-11(5-9)16(20,21)22/h4-8H,2-3H2,1H3. The topological polar surface area (TPSA) is 43.6 Å². The van der Waals surface area contributed by atoms with E-state index >= 15 is 0 Å². The number of benzene rings is 1. The van der Waals surface area contributed by atoms with Crippen LogP contribution in [-0.2, 0) is 18.8 Å². The highest BCUT2D eigenvalue weighted by atomic mass is 32.2. The number of aromatic nitrogens is 4. The van der Waals surface area contributed by atoms with E-state index in [2.05, 4.69) is 15.1 Å². The molecule has 4 nitrogen and oxygen atoms in total. The van der Waals surface area contributed by atoms with E-state index in [4.69, 9.17) is 0 Å². The maximum absolute atomic E-state index is 13.0. The van der Waals surface area contributed by atoms with Gasteiger partial charge in [-0.3, -0.25) is 0 Å². The summed E-state index contributed by atoms with van der Waals surface area (Å²) in [5.41, 5.74) is -2.98. The van der Waals surface area contributed by atoms with Gasteiger partial charge in [0.25, 0.3) is 0 Å². The van der Waals surface area contributed by atoms with E-state index in [9.17, 15) is 26.3 Å². The molecule has 3 aromatic rings. The fourth-order valence-corrected chi connectivity index (χ4v) is 3.90. The first kappa shape index (κ1) is 20.6. The van der Waals surface area contributed by atoms with Gasteiger partial charge < -0.3 is 0 Å². The first-order chi connectivity index (χ1) is 13.1. The minimum Gasteiger partial charge on any atom is -0.228 e. The van der Waals surface area contributed by atoms with Gasteiger partial charge in [-0.15, -0.1) is 16.4 Å². The fourth-order valence-electron chi connectivity index (χ4n) is 2.28. The van der Waals surface area contributed by atoms with E-state index in [-0.39, 0.29) is 17.3 Å². The maximum atomic E-state index is 13.0. The monoisotopic (exact) mass is 438 g/mol. The summed E-state index contributed by atoms with van der Waals surface area (Å²) in [5, 5.41) is 5.61. The molecule has 3 rings (SSSR count). The lowest BCUT2D eigenvalue weighted by molar-refractivity contribution is -0.143. The fraction of sp³-hybridized carbons (Fsp3) is 0.312. The Bertz CT molecular complexity index is 928. The van der Waals surface area contributed by atoms with E-state index in [0.29, 0.717) is 28.7 Å². The molecule has 0 radical (unpaired) electrons. The zero-order valence-corrected chi connectivity index (χ0v) is 15.8. The number of thiazole rings is 1. The van der Waals surface area contributed by atoms with E-state index < -0.39 is 23.5 Å². The lowest BCUT2D eigenvalue weighted by Gasteiger charge is -2.13. The number of hydrogen-bond acceptors (Lipinski definition) is 5. The van der Waals surface area contributed by atoms with Crippen LogP contribution in [0.15, 0.2) is 34.2 Å². The van der Waals surface area contributed by atoms with Gasteiger partial charge in [-0.25, -0.2) is 9.97 Å². The second-order valence-corrected chi connectivity index (χ2v) is 7.76. The minimum absolute atomic E-state index is 0.0259. The Morgan fingerprint density at radius 3 is 2.25 bits per heavy atom. The van der Waals surface area contributed by atoms with Crippen LogP contribution in [-0.4, -0.2) is 19.2 Å². The highest BCUT2D eigenvalue weighted by molar-refractivity contribution is 7.99. The Balaban J connectivity index is 1.91. The molecule has 12 heteroatoms. The lowest BCUT2D eigenvalue weighted by Crippen LogP contribution is -2.11. The second-order valence-electron chi connectivity index (χ2n) is 5.70. The molecule has 0 spiro atoms. The van der Waals surface area contributed by atoms with Gasteiger partial charge >= 0.3 is 12.4 Å². The van der Waals surface area contributed by atoms with E-state index in [1.807, 2.05) is 6.92 Å². The maximum Gasteiger partial charge on any atom is 0.416 e. The van der Waals surface area contributed by atoms with Gasteiger partial charge in [0.2, 0.25) is 0 Å². The largest absolute Gasteiger partial charge is 0.416 e. The minimum atomic E-state index is -4.90. The van der Waals surface area contributed by atoms with Gasteiger partial charge in [0.15, 0.2) is 10.2 Å². The summed E-state index contributed by atoms with van der Waals surface area (Å²) in [7, 11) is 0. The summed E-state index contributed by atoms with van der Waals surface area (Å²) >= 11 is 2.16. The van der Waals surface area contributed by atoms with Crippen molar-refractivity contribution >= 4 is 23.3 Å².